The van der Waals surface area contributed by atoms with Crippen molar-refractivity contribution in [2.75, 3.05) is 44.7 Å². The molecular weight excluding hydrogens is 358 g/mol. The fourth-order valence-electron chi connectivity index (χ4n) is 3.05. The van der Waals surface area contributed by atoms with Gasteiger partial charge in [0.1, 0.15) is 18.1 Å². The number of imide groups is 1. The maximum absolute atomic E-state index is 12.1. The van der Waals surface area contributed by atoms with Crippen LogP contribution in [0.1, 0.15) is 12.8 Å². The molecular formula is C18H22ClN3O4. The highest BCUT2D eigenvalue weighted by atomic mass is 35.5. The second kappa shape index (κ2) is 8.53. The lowest BCUT2D eigenvalue weighted by Gasteiger charge is -2.16. The zero-order chi connectivity index (χ0) is 18.5. The number of carbonyl (C=O) groups is 2. The van der Waals surface area contributed by atoms with Crippen molar-refractivity contribution < 1.29 is 19.4 Å². The van der Waals surface area contributed by atoms with Crippen molar-refractivity contribution in [1.82, 2.24) is 9.80 Å². The molecule has 0 atom stereocenters. The maximum atomic E-state index is 12.1. The van der Waals surface area contributed by atoms with Gasteiger partial charge >= 0.3 is 0 Å². The SMILES string of the molecule is O=C1C=C(Nc2ccc(OCCN3CCCC3)c(Cl)c2)C(=O)N1CCO. The zero-order valence-electron chi connectivity index (χ0n) is 14.4. The van der Waals surface area contributed by atoms with Gasteiger partial charge in [-0.15, -0.1) is 0 Å². The minimum Gasteiger partial charge on any atom is -0.491 e. The number of benzene rings is 1. The minimum atomic E-state index is -0.467. The monoisotopic (exact) mass is 379 g/mol. The van der Waals surface area contributed by atoms with Crippen molar-refractivity contribution in [3.63, 3.8) is 0 Å². The number of aliphatic hydroxyl groups excluding tert-OH is 1. The molecule has 0 saturated carbocycles. The Morgan fingerprint density at radius 3 is 2.65 bits per heavy atom. The molecule has 2 aliphatic rings. The summed E-state index contributed by atoms with van der Waals surface area (Å²) in [6, 6.07) is 5.13. The minimum absolute atomic E-state index is 0.0239. The third kappa shape index (κ3) is 4.35. The molecule has 1 saturated heterocycles. The van der Waals surface area contributed by atoms with E-state index in [1.807, 2.05) is 0 Å². The Kier molecular flexibility index (Phi) is 6.13. The summed E-state index contributed by atoms with van der Waals surface area (Å²) < 4.78 is 5.74. The van der Waals surface area contributed by atoms with Crippen molar-refractivity contribution in [1.29, 1.82) is 0 Å². The van der Waals surface area contributed by atoms with Gasteiger partial charge in [0.25, 0.3) is 11.8 Å². The Morgan fingerprint density at radius 2 is 1.96 bits per heavy atom. The highest BCUT2D eigenvalue weighted by Crippen LogP contribution is 2.29. The van der Waals surface area contributed by atoms with Gasteiger partial charge in [0, 0.05) is 18.3 Å². The van der Waals surface area contributed by atoms with Crippen LogP contribution in [-0.4, -0.2) is 66.1 Å². The van der Waals surface area contributed by atoms with E-state index in [-0.39, 0.29) is 18.8 Å². The van der Waals surface area contributed by atoms with Crippen LogP contribution in [0.3, 0.4) is 0 Å². The molecule has 26 heavy (non-hydrogen) atoms. The van der Waals surface area contributed by atoms with Gasteiger partial charge in [-0.05, 0) is 44.1 Å². The summed E-state index contributed by atoms with van der Waals surface area (Å²) >= 11 is 6.26. The van der Waals surface area contributed by atoms with Crippen LogP contribution >= 0.6 is 11.6 Å². The summed E-state index contributed by atoms with van der Waals surface area (Å²) in [5, 5.41) is 12.3. The molecule has 7 nitrogen and oxygen atoms in total. The number of anilines is 1. The molecule has 0 radical (unpaired) electrons. The molecule has 3 rings (SSSR count). The van der Waals surface area contributed by atoms with Crippen LogP contribution in [0.4, 0.5) is 5.69 Å². The molecule has 140 valence electrons. The standard InChI is InChI=1S/C18H22ClN3O4/c19-14-11-13(20-15-12-17(24)22(7-9-23)18(15)25)3-4-16(14)26-10-8-21-5-1-2-6-21/h3-4,11-12,20,23H,1-2,5-10H2. The smallest absolute Gasteiger partial charge is 0.277 e. The van der Waals surface area contributed by atoms with Crippen molar-refractivity contribution >= 4 is 29.1 Å². The second-order valence-electron chi connectivity index (χ2n) is 6.24. The van der Waals surface area contributed by atoms with Crippen LogP contribution in [0.2, 0.25) is 5.02 Å². The van der Waals surface area contributed by atoms with E-state index in [2.05, 4.69) is 10.2 Å². The fourth-order valence-corrected chi connectivity index (χ4v) is 3.29. The Balaban J connectivity index is 1.56. The van der Waals surface area contributed by atoms with E-state index in [1.54, 1.807) is 18.2 Å². The number of ether oxygens (including phenoxy) is 1. The molecule has 2 amide bonds. The topological polar surface area (TPSA) is 82.1 Å². The number of hydrogen-bond donors (Lipinski definition) is 2. The summed E-state index contributed by atoms with van der Waals surface area (Å²) in [5.41, 5.74) is 0.738. The number of nitrogens with one attached hydrogen (secondary N) is 1. The van der Waals surface area contributed by atoms with Gasteiger partial charge in [-0.25, -0.2) is 0 Å². The number of halogens is 1. The van der Waals surface area contributed by atoms with Crippen LogP contribution in [0.5, 0.6) is 5.75 Å². The highest BCUT2D eigenvalue weighted by Gasteiger charge is 2.30. The van der Waals surface area contributed by atoms with Gasteiger partial charge in [0.15, 0.2) is 0 Å². The number of likely N-dealkylation sites (tertiary alicyclic amines) is 1. The Morgan fingerprint density at radius 1 is 1.19 bits per heavy atom. The van der Waals surface area contributed by atoms with E-state index in [9.17, 15) is 9.59 Å². The first-order valence-corrected chi connectivity index (χ1v) is 9.06. The molecule has 0 unspecified atom stereocenters. The largest absolute Gasteiger partial charge is 0.491 e. The summed E-state index contributed by atoms with van der Waals surface area (Å²) in [6.45, 7) is 3.39. The molecule has 0 aromatic heterocycles. The molecule has 2 aliphatic heterocycles. The second-order valence-corrected chi connectivity index (χ2v) is 6.65. The fraction of sp³-hybridized carbons (Fsp3) is 0.444. The van der Waals surface area contributed by atoms with E-state index in [0.717, 1.165) is 24.5 Å². The van der Waals surface area contributed by atoms with Crippen LogP contribution in [-0.2, 0) is 9.59 Å². The Hall–Kier alpha value is -2.09. The summed E-state index contributed by atoms with van der Waals surface area (Å²) in [5.74, 6) is -0.327. The van der Waals surface area contributed by atoms with Crippen molar-refractivity contribution in [2.24, 2.45) is 0 Å². The Bertz CT molecular complexity index is 716. The number of β-amino-alcohol motifs (C(OH)–C–C–N with tert-alkyl or cyclic N) is 1. The van der Waals surface area contributed by atoms with E-state index in [0.29, 0.717) is 23.1 Å². The van der Waals surface area contributed by atoms with Gasteiger partial charge in [0.2, 0.25) is 0 Å². The van der Waals surface area contributed by atoms with E-state index >= 15 is 0 Å². The van der Waals surface area contributed by atoms with Crippen molar-refractivity contribution in [2.45, 2.75) is 12.8 Å². The molecule has 2 heterocycles. The average Bonchev–Trinajstić information content (AvgIpc) is 3.21. The summed E-state index contributed by atoms with van der Waals surface area (Å²) in [4.78, 5) is 27.2. The van der Waals surface area contributed by atoms with E-state index < -0.39 is 11.8 Å². The molecule has 0 spiro atoms. The lowest BCUT2D eigenvalue weighted by molar-refractivity contribution is -0.137. The van der Waals surface area contributed by atoms with Crippen molar-refractivity contribution in [3.8, 4) is 5.75 Å². The quantitative estimate of drug-likeness (QED) is 0.666. The van der Waals surface area contributed by atoms with E-state index in [4.69, 9.17) is 21.4 Å². The Labute approximate surface area is 157 Å². The normalized spacial score (nSPS) is 17.8. The number of aliphatic hydroxyl groups is 1. The molecule has 0 bridgehead atoms. The van der Waals surface area contributed by atoms with Gasteiger partial charge in [-0.3, -0.25) is 19.4 Å². The average molecular weight is 380 g/mol. The summed E-state index contributed by atoms with van der Waals surface area (Å²) in [6.07, 6.45) is 3.70. The molecule has 2 N–H and O–H groups in total. The first kappa shape index (κ1) is 18.7. The van der Waals surface area contributed by atoms with Gasteiger partial charge in [-0.2, -0.15) is 0 Å². The molecule has 1 fully saturated rings. The zero-order valence-corrected chi connectivity index (χ0v) is 15.2. The number of hydrogen-bond acceptors (Lipinski definition) is 6. The number of rotatable bonds is 8. The van der Waals surface area contributed by atoms with Crippen LogP contribution in [0.15, 0.2) is 30.0 Å². The van der Waals surface area contributed by atoms with Crippen molar-refractivity contribution in [3.05, 3.63) is 35.0 Å². The number of nitrogens with zero attached hydrogens (tertiary/aromatic N) is 2. The number of amides is 2. The maximum Gasteiger partial charge on any atom is 0.277 e. The highest BCUT2D eigenvalue weighted by molar-refractivity contribution is 6.32. The lowest BCUT2D eigenvalue weighted by atomic mass is 10.3. The first-order valence-electron chi connectivity index (χ1n) is 8.68. The molecule has 1 aromatic rings. The van der Waals surface area contributed by atoms with Gasteiger partial charge in [0.05, 0.1) is 18.2 Å². The summed E-state index contributed by atoms with van der Waals surface area (Å²) in [7, 11) is 0. The molecule has 0 aliphatic carbocycles. The van der Waals surface area contributed by atoms with Gasteiger partial charge < -0.3 is 15.2 Å². The van der Waals surface area contributed by atoms with Crippen LogP contribution in [0, 0.1) is 0 Å². The number of carbonyl (C=O) groups excluding carboxylic acids is 2. The lowest BCUT2D eigenvalue weighted by Crippen LogP contribution is -2.34. The van der Waals surface area contributed by atoms with Gasteiger partial charge in [-0.1, -0.05) is 11.6 Å². The van der Waals surface area contributed by atoms with E-state index in [1.165, 1.54) is 18.9 Å². The first-order chi connectivity index (χ1) is 12.6. The third-order valence-corrected chi connectivity index (χ3v) is 4.70. The predicted molar refractivity (Wildman–Crippen MR) is 98.1 cm³/mol. The molecule has 1 aromatic carbocycles. The molecule has 8 heteroatoms. The van der Waals surface area contributed by atoms with Crippen LogP contribution < -0.4 is 10.1 Å². The van der Waals surface area contributed by atoms with Crippen LogP contribution in [0.25, 0.3) is 0 Å². The third-order valence-electron chi connectivity index (χ3n) is 4.41. The predicted octanol–water partition coefficient (Wildman–Crippen LogP) is 1.47.